The molecule has 0 radical (unpaired) electrons. The van der Waals surface area contributed by atoms with Gasteiger partial charge in [-0.15, -0.1) is 6.58 Å². The highest BCUT2D eigenvalue weighted by atomic mass is 15.3. The smallest absolute Gasteiger partial charge is 0.225 e. The number of allylic oxidation sites excluding steroid dienone is 1. The number of fused-ring (bicyclic) bond motifs is 1. The van der Waals surface area contributed by atoms with Gasteiger partial charge in [-0.1, -0.05) is 24.3 Å². The molecule has 1 fully saturated rings. The fourth-order valence-corrected chi connectivity index (χ4v) is 3.31. The molecule has 0 N–H and O–H groups in total. The van der Waals surface area contributed by atoms with Gasteiger partial charge >= 0.3 is 0 Å². The zero-order valence-electron chi connectivity index (χ0n) is 13.2. The Kier molecular flexibility index (Phi) is 3.58. The average molecular weight is 304 g/mol. The number of nitrogens with zero attached hydrogens (tertiary/aromatic N) is 4. The minimum Gasteiger partial charge on any atom is -0.343 e. The number of para-hydroxylation sites is 1. The topological polar surface area (TPSA) is 34.0 Å². The first-order valence-corrected chi connectivity index (χ1v) is 8.14. The first kappa shape index (κ1) is 14.0. The fraction of sp³-hybridized carbons (Fsp3) is 0.263. The maximum atomic E-state index is 4.82. The van der Waals surface area contributed by atoms with E-state index in [2.05, 4.69) is 51.5 Å². The summed E-state index contributed by atoms with van der Waals surface area (Å²) < 4.78 is 2.22. The summed E-state index contributed by atoms with van der Waals surface area (Å²) in [5.74, 6) is 0.848. The van der Waals surface area contributed by atoms with Crippen LogP contribution in [0.1, 0.15) is 12.8 Å². The minimum atomic E-state index is 0.796. The molecule has 4 nitrogen and oxygen atoms in total. The van der Waals surface area contributed by atoms with Crippen molar-refractivity contribution in [3.8, 4) is 11.3 Å². The van der Waals surface area contributed by atoms with Gasteiger partial charge in [0.1, 0.15) is 0 Å². The van der Waals surface area contributed by atoms with Gasteiger partial charge in [0.15, 0.2) is 0 Å². The molecule has 0 aliphatic carbocycles. The van der Waals surface area contributed by atoms with Gasteiger partial charge in [0.25, 0.3) is 0 Å². The molecule has 1 aliphatic rings. The Bertz CT molecular complexity index is 843. The number of hydrogen-bond acceptors (Lipinski definition) is 3. The van der Waals surface area contributed by atoms with Crippen LogP contribution in [0.5, 0.6) is 0 Å². The first-order chi connectivity index (χ1) is 11.4. The van der Waals surface area contributed by atoms with E-state index in [1.165, 1.54) is 23.7 Å². The first-order valence-electron chi connectivity index (χ1n) is 8.14. The van der Waals surface area contributed by atoms with Crippen molar-refractivity contribution in [3.63, 3.8) is 0 Å². The summed E-state index contributed by atoms with van der Waals surface area (Å²) in [5, 5.41) is 1.22. The standard InChI is InChI=1S/C19H20N4/c1-2-11-23-14-16(15-7-3-4-8-18(15)23)17-9-10-20-19(21-17)22-12-5-6-13-22/h2-4,7-10,14H,1,5-6,11-13H2. The molecule has 2 aromatic heterocycles. The monoisotopic (exact) mass is 304 g/mol. The largest absolute Gasteiger partial charge is 0.343 e. The molecule has 0 bridgehead atoms. The van der Waals surface area contributed by atoms with Crippen molar-refractivity contribution in [2.45, 2.75) is 19.4 Å². The van der Waals surface area contributed by atoms with Crippen LogP contribution in [0.2, 0.25) is 0 Å². The number of aromatic nitrogens is 3. The Hall–Kier alpha value is -2.62. The summed E-state index contributed by atoms with van der Waals surface area (Å²) in [6.07, 6.45) is 8.42. The SMILES string of the molecule is C=CCn1cc(-c2ccnc(N3CCCC3)n2)c2ccccc21. The molecule has 0 atom stereocenters. The highest BCUT2D eigenvalue weighted by Crippen LogP contribution is 2.30. The maximum absolute atomic E-state index is 4.82. The van der Waals surface area contributed by atoms with E-state index < -0.39 is 0 Å². The lowest BCUT2D eigenvalue weighted by Crippen LogP contribution is -2.20. The lowest BCUT2D eigenvalue weighted by molar-refractivity contribution is 0.865. The van der Waals surface area contributed by atoms with E-state index >= 15 is 0 Å². The summed E-state index contributed by atoms with van der Waals surface area (Å²) in [7, 11) is 0. The average Bonchev–Trinajstić information content (AvgIpc) is 3.24. The summed E-state index contributed by atoms with van der Waals surface area (Å²) in [6.45, 7) is 6.77. The second-order valence-electron chi connectivity index (χ2n) is 5.94. The zero-order chi connectivity index (χ0) is 15.6. The van der Waals surface area contributed by atoms with Crippen molar-refractivity contribution in [2.24, 2.45) is 0 Å². The third-order valence-corrected chi connectivity index (χ3v) is 4.42. The van der Waals surface area contributed by atoms with Crippen LogP contribution < -0.4 is 4.90 Å². The molecule has 116 valence electrons. The molecule has 1 aliphatic heterocycles. The third-order valence-electron chi connectivity index (χ3n) is 4.42. The van der Waals surface area contributed by atoms with E-state index in [1.54, 1.807) is 0 Å². The van der Waals surface area contributed by atoms with Gasteiger partial charge in [0.05, 0.1) is 5.69 Å². The van der Waals surface area contributed by atoms with Crippen LogP contribution in [-0.4, -0.2) is 27.6 Å². The van der Waals surface area contributed by atoms with Crippen LogP contribution in [0, 0.1) is 0 Å². The quantitative estimate of drug-likeness (QED) is 0.686. The summed E-state index contributed by atoms with van der Waals surface area (Å²) in [5.41, 5.74) is 3.36. The van der Waals surface area contributed by atoms with Crippen LogP contribution in [0.3, 0.4) is 0 Å². The Balaban J connectivity index is 1.82. The number of anilines is 1. The number of benzene rings is 1. The summed E-state index contributed by atoms with van der Waals surface area (Å²) in [4.78, 5) is 11.6. The highest BCUT2D eigenvalue weighted by molar-refractivity contribution is 5.95. The van der Waals surface area contributed by atoms with Gasteiger partial charge in [0, 0.05) is 48.5 Å². The molecule has 0 unspecified atom stereocenters. The van der Waals surface area contributed by atoms with Gasteiger partial charge in [-0.2, -0.15) is 0 Å². The van der Waals surface area contributed by atoms with Crippen molar-refractivity contribution >= 4 is 16.9 Å². The molecular weight excluding hydrogens is 284 g/mol. The molecule has 1 saturated heterocycles. The molecule has 4 heteroatoms. The molecule has 4 rings (SSSR count). The molecular formula is C19H20N4. The van der Waals surface area contributed by atoms with Crippen molar-refractivity contribution < 1.29 is 0 Å². The normalized spacial score (nSPS) is 14.5. The Morgan fingerprint density at radius 1 is 1.13 bits per heavy atom. The molecule has 0 saturated carbocycles. The summed E-state index contributed by atoms with van der Waals surface area (Å²) in [6, 6.07) is 10.4. The Labute approximate surface area is 136 Å². The van der Waals surface area contributed by atoms with Crippen molar-refractivity contribution in [1.29, 1.82) is 0 Å². The minimum absolute atomic E-state index is 0.796. The Morgan fingerprint density at radius 3 is 2.78 bits per heavy atom. The lowest BCUT2D eigenvalue weighted by atomic mass is 10.1. The lowest BCUT2D eigenvalue weighted by Gasteiger charge is -2.15. The van der Waals surface area contributed by atoms with Crippen LogP contribution >= 0.6 is 0 Å². The van der Waals surface area contributed by atoms with Gasteiger partial charge in [0.2, 0.25) is 5.95 Å². The number of hydrogen-bond donors (Lipinski definition) is 0. The molecule has 23 heavy (non-hydrogen) atoms. The fourth-order valence-electron chi connectivity index (χ4n) is 3.31. The van der Waals surface area contributed by atoms with Crippen LogP contribution in [-0.2, 0) is 6.54 Å². The van der Waals surface area contributed by atoms with Crippen molar-refractivity contribution in [1.82, 2.24) is 14.5 Å². The molecule has 1 aromatic carbocycles. The van der Waals surface area contributed by atoms with E-state index in [9.17, 15) is 0 Å². The third kappa shape index (κ3) is 2.50. The molecule has 0 spiro atoms. The van der Waals surface area contributed by atoms with E-state index in [-0.39, 0.29) is 0 Å². The second-order valence-corrected chi connectivity index (χ2v) is 5.94. The second kappa shape index (κ2) is 5.88. The van der Waals surface area contributed by atoms with Gasteiger partial charge in [-0.25, -0.2) is 9.97 Å². The van der Waals surface area contributed by atoms with Crippen molar-refractivity contribution in [2.75, 3.05) is 18.0 Å². The molecule has 3 aromatic rings. The van der Waals surface area contributed by atoms with E-state index in [1.807, 2.05) is 18.3 Å². The predicted octanol–water partition coefficient (Wildman–Crippen LogP) is 3.88. The number of rotatable bonds is 4. The highest BCUT2D eigenvalue weighted by Gasteiger charge is 2.17. The predicted molar refractivity (Wildman–Crippen MR) is 94.6 cm³/mol. The van der Waals surface area contributed by atoms with Gasteiger partial charge in [-0.05, 0) is 25.0 Å². The summed E-state index contributed by atoms with van der Waals surface area (Å²) >= 11 is 0. The zero-order valence-corrected chi connectivity index (χ0v) is 13.2. The van der Waals surface area contributed by atoms with Crippen molar-refractivity contribution in [3.05, 3.63) is 55.4 Å². The van der Waals surface area contributed by atoms with Gasteiger partial charge in [-0.3, -0.25) is 0 Å². The van der Waals surface area contributed by atoms with E-state index in [4.69, 9.17) is 4.98 Å². The van der Waals surface area contributed by atoms with Gasteiger partial charge < -0.3 is 9.47 Å². The van der Waals surface area contributed by atoms with Crippen LogP contribution in [0.15, 0.2) is 55.4 Å². The molecule has 0 amide bonds. The maximum Gasteiger partial charge on any atom is 0.225 e. The molecule has 3 heterocycles. The van der Waals surface area contributed by atoms with E-state index in [0.717, 1.165) is 36.8 Å². The van der Waals surface area contributed by atoms with E-state index in [0.29, 0.717) is 0 Å². The Morgan fingerprint density at radius 2 is 1.96 bits per heavy atom. The van der Waals surface area contributed by atoms with Crippen LogP contribution in [0.25, 0.3) is 22.2 Å². The van der Waals surface area contributed by atoms with Crippen LogP contribution in [0.4, 0.5) is 5.95 Å².